The first-order chi connectivity index (χ1) is 9.06. The normalized spacial score (nSPS) is 10.8. The van der Waals surface area contributed by atoms with E-state index >= 15 is 0 Å². The second kappa shape index (κ2) is 5.76. The third kappa shape index (κ3) is 2.67. The lowest BCUT2D eigenvalue weighted by atomic mass is 9.99. The lowest BCUT2D eigenvalue weighted by molar-refractivity contribution is 0.148. The van der Waals surface area contributed by atoms with Crippen LogP contribution in [0.3, 0.4) is 0 Å². The molecule has 2 aromatic rings. The maximum Gasteiger partial charge on any atom is 0.268 e. The summed E-state index contributed by atoms with van der Waals surface area (Å²) in [6, 6.07) is 9.54. The predicted octanol–water partition coefficient (Wildman–Crippen LogP) is 5.61. The fourth-order valence-corrected chi connectivity index (χ4v) is 2.52. The Morgan fingerprint density at radius 3 is 2.11 bits per heavy atom. The minimum atomic E-state index is -2.68. The molecule has 2 rings (SSSR count). The first kappa shape index (κ1) is 14.1. The van der Waals surface area contributed by atoms with Gasteiger partial charge in [-0.3, -0.25) is 0 Å². The van der Waals surface area contributed by atoms with Gasteiger partial charge in [0.2, 0.25) is 0 Å². The van der Waals surface area contributed by atoms with Crippen LogP contribution >= 0.6 is 23.2 Å². The zero-order chi connectivity index (χ0) is 14.0. The lowest BCUT2D eigenvalue weighted by Crippen LogP contribution is -1.96. The number of methoxy groups -OCH3 is 1. The summed E-state index contributed by atoms with van der Waals surface area (Å²) in [5.41, 5.74) is 0.463. The van der Waals surface area contributed by atoms with Gasteiger partial charge in [-0.25, -0.2) is 8.78 Å². The predicted molar refractivity (Wildman–Crippen MR) is 73.4 cm³/mol. The van der Waals surface area contributed by atoms with Gasteiger partial charge in [-0.15, -0.1) is 0 Å². The van der Waals surface area contributed by atoms with E-state index < -0.39 is 6.43 Å². The van der Waals surface area contributed by atoms with E-state index in [2.05, 4.69) is 0 Å². The fraction of sp³-hybridized carbons (Fsp3) is 0.143. The van der Waals surface area contributed by atoms with Gasteiger partial charge >= 0.3 is 0 Å². The van der Waals surface area contributed by atoms with Crippen molar-refractivity contribution in [2.75, 3.05) is 7.11 Å². The van der Waals surface area contributed by atoms with Gasteiger partial charge in [0.25, 0.3) is 6.43 Å². The summed E-state index contributed by atoms with van der Waals surface area (Å²) in [6.45, 7) is 0. The highest BCUT2D eigenvalue weighted by atomic mass is 35.5. The first-order valence-electron chi connectivity index (χ1n) is 5.45. The number of rotatable bonds is 3. The molecule has 0 heterocycles. The summed E-state index contributed by atoms with van der Waals surface area (Å²) in [4.78, 5) is 0. The summed E-state index contributed by atoms with van der Waals surface area (Å²) >= 11 is 12.1. The molecule has 100 valence electrons. The highest BCUT2D eigenvalue weighted by molar-refractivity contribution is 6.39. The van der Waals surface area contributed by atoms with E-state index in [-0.39, 0.29) is 16.9 Å². The molecule has 0 unspecified atom stereocenters. The van der Waals surface area contributed by atoms with Crippen molar-refractivity contribution in [2.24, 2.45) is 0 Å². The number of hydrogen-bond acceptors (Lipinski definition) is 1. The minimum absolute atomic E-state index is 0.114. The third-order valence-electron chi connectivity index (χ3n) is 2.74. The average Bonchev–Trinajstić information content (AvgIpc) is 2.37. The molecule has 0 radical (unpaired) electrons. The van der Waals surface area contributed by atoms with Crippen LogP contribution in [-0.2, 0) is 0 Å². The van der Waals surface area contributed by atoms with Crippen molar-refractivity contribution >= 4 is 23.2 Å². The molecule has 0 aliphatic heterocycles. The molecule has 0 amide bonds. The number of hydrogen-bond donors (Lipinski definition) is 0. The number of ether oxygens (including phenoxy) is 1. The number of halogens is 4. The molecule has 19 heavy (non-hydrogen) atoms. The lowest BCUT2D eigenvalue weighted by Gasteiger charge is -2.15. The van der Waals surface area contributed by atoms with E-state index in [9.17, 15) is 8.78 Å². The highest BCUT2D eigenvalue weighted by Crippen LogP contribution is 2.42. The van der Waals surface area contributed by atoms with Crippen LogP contribution in [0.5, 0.6) is 5.75 Å². The van der Waals surface area contributed by atoms with E-state index in [1.54, 1.807) is 30.3 Å². The standard InChI is InChI=1S/C14H10Cl2F2O/c1-19-11-7-2-4-8(13(11)14(17)18)12-9(15)5-3-6-10(12)16/h2-7,14H,1H3. The van der Waals surface area contributed by atoms with Gasteiger partial charge in [-0.05, 0) is 23.8 Å². The van der Waals surface area contributed by atoms with Gasteiger partial charge in [-0.2, -0.15) is 0 Å². The summed E-state index contributed by atoms with van der Waals surface area (Å²) in [6.07, 6.45) is -2.68. The van der Waals surface area contributed by atoms with Crippen molar-refractivity contribution in [3.8, 4) is 16.9 Å². The Bertz CT molecular complexity index is 580. The molecule has 0 fully saturated rings. The number of benzene rings is 2. The van der Waals surface area contributed by atoms with E-state index in [4.69, 9.17) is 27.9 Å². The molecule has 0 bridgehead atoms. The summed E-state index contributed by atoms with van der Waals surface area (Å²) < 4.78 is 31.5. The largest absolute Gasteiger partial charge is 0.496 e. The van der Waals surface area contributed by atoms with Gasteiger partial charge < -0.3 is 4.74 Å². The molecule has 2 aromatic carbocycles. The topological polar surface area (TPSA) is 9.23 Å². The van der Waals surface area contributed by atoms with E-state index in [1.807, 2.05) is 0 Å². The zero-order valence-corrected chi connectivity index (χ0v) is 11.5. The monoisotopic (exact) mass is 302 g/mol. The highest BCUT2D eigenvalue weighted by Gasteiger charge is 2.22. The smallest absolute Gasteiger partial charge is 0.268 e. The molecule has 0 spiro atoms. The van der Waals surface area contributed by atoms with Crippen LogP contribution in [0.15, 0.2) is 36.4 Å². The molecular formula is C14H10Cl2F2O. The van der Waals surface area contributed by atoms with E-state index in [0.717, 1.165) is 0 Å². The quantitative estimate of drug-likeness (QED) is 0.716. The summed E-state index contributed by atoms with van der Waals surface area (Å²) in [7, 11) is 1.35. The van der Waals surface area contributed by atoms with E-state index in [0.29, 0.717) is 15.6 Å². The van der Waals surface area contributed by atoms with Crippen molar-refractivity contribution in [1.82, 2.24) is 0 Å². The maximum absolute atomic E-state index is 13.3. The molecule has 0 aromatic heterocycles. The molecule has 0 saturated carbocycles. The zero-order valence-electron chi connectivity index (χ0n) is 9.96. The summed E-state index contributed by atoms with van der Waals surface area (Å²) in [5, 5.41) is 0.644. The maximum atomic E-state index is 13.3. The molecule has 1 nitrogen and oxygen atoms in total. The third-order valence-corrected chi connectivity index (χ3v) is 3.37. The van der Waals surface area contributed by atoms with Crippen molar-refractivity contribution in [1.29, 1.82) is 0 Å². The summed E-state index contributed by atoms with van der Waals surface area (Å²) in [5.74, 6) is 0.114. The Kier molecular flexibility index (Phi) is 4.27. The van der Waals surface area contributed by atoms with Gasteiger partial charge in [-0.1, -0.05) is 41.4 Å². The van der Waals surface area contributed by atoms with Crippen LogP contribution in [-0.4, -0.2) is 7.11 Å². The minimum Gasteiger partial charge on any atom is -0.496 e. The van der Waals surface area contributed by atoms with Gasteiger partial charge in [0.15, 0.2) is 0 Å². The molecule has 0 N–H and O–H groups in total. The molecule has 0 aliphatic rings. The Balaban J connectivity index is 2.76. The number of alkyl halides is 2. The van der Waals surface area contributed by atoms with E-state index in [1.165, 1.54) is 13.2 Å². The van der Waals surface area contributed by atoms with Crippen molar-refractivity contribution in [3.63, 3.8) is 0 Å². The van der Waals surface area contributed by atoms with Gasteiger partial charge in [0.05, 0.1) is 12.7 Å². The molecule has 0 saturated heterocycles. The van der Waals surface area contributed by atoms with Crippen LogP contribution in [0.25, 0.3) is 11.1 Å². The Hall–Kier alpha value is -1.32. The van der Waals surface area contributed by atoms with Crippen LogP contribution in [0.1, 0.15) is 12.0 Å². The van der Waals surface area contributed by atoms with Gasteiger partial charge in [0.1, 0.15) is 5.75 Å². The molecule has 0 atom stereocenters. The second-order valence-electron chi connectivity index (χ2n) is 3.82. The Labute approximate surface area is 119 Å². The first-order valence-corrected chi connectivity index (χ1v) is 6.21. The molecule has 0 aliphatic carbocycles. The SMILES string of the molecule is COc1cccc(-c2c(Cl)cccc2Cl)c1C(F)F. The van der Waals surface area contributed by atoms with Crippen LogP contribution in [0, 0.1) is 0 Å². The van der Waals surface area contributed by atoms with Gasteiger partial charge in [0, 0.05) is 15.6 Å². The fourth-order valence-electron chi connectivity index (χ4n) is 1.92. The van der Waals surface area contributed by atoms with Crippen molar-refractivity contribution in [3.05, 3.63) is 52.0 Å². The van der Waals surface area contributed by atoms with Crippen molar-refractivity contribution < 1.29 is 13.5 Å². The van der Waals surface area contributed by atoms with Crippen LogP contribution in [0.4, 0.5) is 8.78 Å². The Morgan fingerprint density at radius 1 is 1.00 bits per heavy atom. The second-order valence-corrected chi connectivity index (χ2v) is 4.63. The Morgan fingerprint density at radius 2 is 1.58 bits per heavy atom. The average molecular weight is 303 g/mol. The molecule has 5 heteroatoms. The molecular weight excluding hydrogens is 293 g/mol. The van der Waals surface area contributed by atoms with Crippen molar-refractivity contribution in [2.45, 2.75) is 6.43 Å². The van der Waals surface area contributed by atoms with Crippen LogP contribution < -0.4 is 4.74 Å². The van der Waals surface area contributed by atoms with Crippen LogP contribution in [0.2, 0.25) is 10.0 Å².